The summed E-state index contributed by atoms with van der Waals surface area (Å²) in [6.45, 7) is 0.483. The zero-order valence-electron chi connectivity index (χ0n) is 14.1. The molecule has 10 heteroatoms. The van der Waals surface area contributed by atoms with Crippen molar-refractivity contribution in [1.82, 2.24) is 34.5 Å². The average Bonchev–Trinajstić information content (AvgIpc) is 3.13. The van der Waals surface area contributed by atoms with E-state index in [0.717, 1.165) is 31.5 Å². The third-order valence-electron chi connectivity index (χ3n) is 4.22. The standard InChI is InChI=1S/C16H18N8O2/c25-13(10-24-16(26)23-9-5-1-2-7-12(23)22-24)18-15-19-14(20-21-15)11-6-3-4-8-17-11/h3-4,6,8H,1-2,5,7,9-10H2,(H2,18,19,20,21,25). The van der Waals surface area contributed by atoms with E-state index in [-0.39, 0.29) is 18.2 Å². The van der Waals surface area contributed by atoms with Crippen LogP contribution in [0, 0.1) is 0 Å². The Hall–Kier alpha value is -3.30. The molecule has 10 nitrogen and oxygen atoms in total. The lowest BCUT2D eigenvalue weighted by atomic mass is 10.2. The van der Waals surface area contributed by atoms with E-state index in [1.165, 1.54) is 4.68 Å². The molecule has 0 saturated heterocycles. The van der Waals surface area contributed by atoms with E-state index in [1.54, 1.807) is 22.9 Å². The number of carbonyl (C=O) groups excluding carboxylic acids is 1. The maximum atomic E-state index is 12.4. The van der Waals surface area contributed by atoms with Crippen LogP contribution in [0.5, 0.6) is 0 Å². The summed E-state index contributed by atoms with van der Waals surface area (Å²) in [5, 5.41) is 13.5. The first-order chi connectivity index (χ1) is 12.7. The van der Waals surface area contributed by atoms with Crippen LogP contribution in [0.2, 0.25) is 0 Å². The Kier molecular flexibility index (Phi) is 4.30. The second-order valence-electron chi connectivity index (χ2n) is 6.09. The van der Waals surface area contributed by atoms with Crippen LogP contribution in [-0.4, -0.2) is 40.4 Å². The zero-order chi connectivity index (χ0) is 17.9. The molecule has 0 unspecified atom stereocenters. The highest BCUT2D eigenvalue weighted by molar-refractivity contribution is 5.88. The summed E-state index contributed by atoms with van der Waals surface area (Å²) in [4.78, 5) is 33.0. The fraction of sp³-hybridized carbons (Fsp3) is 0.375. The van der Waals surface area contributed by atoms with Crippen molar-refractivity contribution in [2.24, 2.45) is 0 Å². The monoisotopic (exact) mass is 354 g/mol. The number of anilines is 1. The number of hydrogen-bond acceptors (Lipinski definition) is 6. The highest BCUT2D eigenvalue weighted by Crippen LogP contribution is 2.12. The molecule has 1 aliphatic rings. The minimum Gasteiger partial charge on any atom is -0.292 e. The van der Waals surface area contributed by atoms with Gasteiger partial charge in [-0.25, -0.2) is 9.48 Å². The molecule has 0 atom stereocenters. The number of fused-ring (bicyclic) bond motifs is 1. The molecular formula is C16H18N8O2. The summed E-state index contributed by atoms with van der Waals surface area (Å²) in [6.07, 6.45) is 5.46. The van der Waals surface area contributed by atoms with Crippen molar-refractivity contribution in [3.63, 3.8) is 0 Å². The van der Waals surface area contributed by atoms with Crippen molar-refractivity contribution in [1.29, 1.82) is 0 Å². The normalized spacial score (nSPS) is 13.8. The first kappa shape index (κ1) is 16.2. The highest BCUT2D eigenvalue weighted by Gasteiger charge is 2.18. The first-order valence-corrected chi connectivity index (χ1v) is 8.51. The number of hydrogen-bond donors (Lipinski definition) is 2. The smallest absolute Gasteiger partial charge is 0.292 e. The van der Waals surface area contributed by atoms with E-state index < -0.39 is 5.91 Å². The Morgan fingerprint density at radius 2 is 2.19 bits per heavy atom. The molecule has 0 aromatic carbocycles. The van der Waals surface area contributed by atoms with Crippen LogP contribution in [-0.2, 0) is 24.3 Å². The summed E-state index contributed by atoms with van der Waals surface area (Å²) < 4.78 is 2.86. The summed E-state index contributed by atoms with van der Waals surface area (Å²) in [5.41, 5.74) is 0.371. The number of nitrogens with one attached hydrogen (secondary N) is 2. The van der Waals surface area contributed by atoms with E-state index >= 15 is 0 Å². The van der Waals surface area contributed by atoms with Gasteiger partial charge >= 0.3 is 5.69 Å². The molecular weight excluding hydrogens is 336 g/mol. The maximum Gasteiger partial charge on any atom is 0.346 e. The van der Waals surface area contributed by atoms with Gasteiger partial charge < -0.3 is 0 Å². The lowest BCUT2D eigenvalue weighted by molar-refractivity contribution is -0.117. The number of H-pyrrole nitrogens is 1. The van der Waals surface area contributed by atoms with Gasteiger partial charge in [0, 0.05) is 19.2 Å². The highest BCUT2D eigenvalue weighted by atomic mass is 16.2. The Bertz CT molecular complexity index is 972. The van der Waals surface area contributed by atoms with Gasteiger partial charge in [-0.15, -0.1) is 5.10 Å². The molecule has 1 aliphatic heterocycles. The predicted octanol–water partition coefficient (Wildman–Crippen LogP) is 0.590. The molecule has 0 aliphatic carbocycles. The average molecular weight is 354 g/mol. The molecule has 134 valence electrons. The van der Waals surface area contributed by atoms with Gasteiger partial charge in [0.1, 0.15) is 18.1 Å². The molecule has 0 fully saturated rings. The van der Waals surface area contributed by atoms with Crippen LogP contribution in [0.25, 0.3) is 11.5 Å². The maximum absolute atomic E-state index is 12.4. The van der Waals surface area contributed by atoms with E-state index in [4.69, 9.17) is 0 Å². The topological polar surface area (TPSA) is 123 Å². The van der Waals surface area contributed by atoms with Crippen LogP contribution in [0.4, 0.5) is 5.95 Å². The first-order valence-electron chi connectivity index (χ1n) is 8.51. The van der Waals surface area contributed by atoms with Gasteiger partial charge in [0.2, 0.25) is 11.9 Å². The van der Waals surface area contributed by atoms with Crippen molar-refractivity contribution in [2.45, 2.75) is 38.8 Å². The van der Waals surface area contributed by atoms with Crippen LogP contribution in [0.3, 0.4) is 0 Å². The Morgan fingerprint density at radius 3 is 3.04 bits per heavy atom. The molecule has 4 rings (SSSR count). The van der Waals surface area contributed by atoms with E-state index in [9.17, 15) is 9.59 Å². The molecule has 26 heavy (non-hydrogen) atoms. The number of nitrogens with zero attached hydrogens (tertiary/aromatic N) is 6. The molecule has 0 radical (unpaired) electrons. The Balaban J connectivity index is 1.45. The quantitative estimate of drug-likeness (QED) is 0.707. The Morgan fingerprint density at radius 1 is 1.27 bits per heavy atom. The number of aromatic nitrogens is 7. The summed E-state index contributed by atoms with van der Waals surface area (Å²) in [5.74, 6) is 0.916. The van der Waals surface area contributed by atoms with Gasteiger partial charge in [0.05, 0.1) is 0 Å². The minimum absolute atomic E-state index is 0.129. The lowest BCUT2D eigenvalue weighted by Crippen LogP contribution is -2.30. The second kappa shape index (κ2) is 6.90. The van der Waals surface area contributed by atoms with Crippen LogP contribution >= 0.6 is 0 Å². The van der Waals surface area contributed by atoms with Crippen molar-refractivity contribution < 1.29 is 4.79 Å². The molecule has 3 aromatic heterocycles. The van der Waals surface area contributed by atoms with Gasteiger partial charge in [-0.2, -0.15) is 10.1 Å². The third kappa shape index (κ3) is 3.25. The third-order valence-corrected chi connectivity index (χ3v) is 4.22. The van der Waals surface area contributed by atoms with E-state index in [2.05, 4.69) is 30.6 Å². The molecule has 1 amide bonds. The minimum atomic E-state index is -0.410. The van der Waals surface area contributed by atoms with Gasteiger partial charge in [-0.3, -0.25) is 24.8 Å². The molecule has 0 spiro atoms. The number of aryl methyl sites for hydroxylation is 1. The summed E-state index contributed by atoms with van der Waals surface area (Å²) in [6, 6.07) is 5.41. The number of rotatable bonds is 4. The molecule has 4 heterocycles. The van der Waals surface area contributed by atoms with E-state index in [1.807, 2.05) is 6.07 Å². The van der Waals surface area contributed by atoms with Crippen molar-refractivity contribution >= 4 is 11.9 Å². The predicted molar refractivity (Wildman–Crippen MR) is 92.3 cm³/mol. The van der Waals surface area contributed by atoms with Crippen LogP contribution in [0.1, 0.15) is 25.1 Å². The van der Waals surface area contributed by atoms with Crippen LogP contribution in [0.15, 0.2) is 29.2 Å². The summed E-state index contributed by atoms with van der Waals surface area (Å²) in [7, 11) is 0. The van der Waals surface area contributed by atoms with Crippen molar-refractivity contribution in [3.8, 4) is 11.5 Å². The number of amides is 1. The van der Waals surface area contributed by atoms with E-state index in [0.29, 0.717) is 18.1 Å². The molecule has 2 N–H and O–H groups in total. The zero-order valence-corrected chi connectivity index (χ0v) is 14.1. The Labute approximate surface area is 148 Å². The molecule has 3 aromatic rings. The number of carbonyl (C=O) groups is 1. The van der Waals surface area contributed by atoms with Crippen LogP contribution < -0.4 is 11.0 Å². The second-order valence-corrected chi connectivity index (χ2v) is 6.09. The molecule has 0 bridgehead atoms. The lowest BCUT2D eigenvalue weighted by Gasteiger charge is -2.00. The van der Waals surface area contributed by atoms with Gasteiger partial charge in [0.15, 0.2) is 5.82 Å². The number of aromatic amines is 1. The van der Waals surface area contributed by atoms with Crippen molar-refractivity contribution in [2.75, 3.05) is 5.32 Å². The summed E-state index contributed by atoms with van der Waals surface area (Å²) >= 11 is 0. The fourth-order valence-corrected chi connectivity index (χ4v) is 2.96. The SMILES string of the molecule is O=C(Cn1nc2n(c1=O)CCCCC2)Nc1n[nH]c(-c2ccccn2)n1. The number of pyridine rings is 1. The molecule has 0 saturated carbocycles. The largest absolute Gasteiger partial charge is 0.346 e. The van der Waals surface area contributed by atoms with Crippen molar-refractivity contribution in [3.05, 3.63) is 40.7 Å². The van der Waals surface area contributed by atoms with Gasteiger partial charge in [-0.05, 0) is 25.0 Å². The van der Waals surface area contributed by atoms with Gasteiger partial charge in [0.25, 0.3) is 0 Å². The van der Waals surface area contributed by atoms with Gasteiger partial charge in [-0.1, -0.05) is 12.5 Å². The fourth-order valence-electron chi connectivity index (χ4n) is 2.96.